The van der Waals surface area contributed by atoms with Gasteiger partial charge in [-0.1, -0.05) is 17.7 Å². The Balaban J connectivity index is 0.00000240. The Morgan fingerprint density at radius 2 is 1.62 bits per heavy atom. The molecule has 8 heteroatoms. The van der Waals surface area contributed by atoms with E-state index >= 15 is 0 Å². The van der Waals surface area contributed by atoms with Crippen LogP contribution in [0, 0.1) is 6.92 Å². The van der Waals surface area contributed by atoms with Gasteiger partial charge in [0.15, 0.2) is 0 Å². The summed E-state index contributed by atoms with van der Waals surface area (Å²) in [6.45, 7) is 5.86. The largest absolute Gasteiger partial charge is 0.337 e. The van der Waals surface area contributed by atoms with Crippen molar-refractivity contribution < 1.29 is 9.59 Å². The molecule has 156 valence electrons. The summed E-state index contributed by atoms with van der Waals surface area (Å²) in [5.74, 6) is 0.163. The second-order valence-corrected chi connectivity index (χ2v) is 7.68. The summed E-state index contributed by atoms with van der Waals surface area (Å²) in [4.78, 5) is 30.0. The van der Waals surface area contributed by atoms with E-state index in [-0.39, 0.29) is 24.2 Å². The van der Waals surface area contributed by atoms with Crippen LogP contribution in [0.25, 0.3) is 0 Å². The number of hydrogen-bond donors (Lipinski definition) is 1. The van der Waals surface area contributed by atoms with Crippen LogP contribution < -0.4 is 5.32 Å². The van der Waals surface area contributed by atoms with Crippen LogP contribution in [-0.2, 0) is 10.3 Å². The van der Waals surface area contributed by atoms with Crippen molar-refractivity contribution in [3.63, 3.8) is 0 Å². The smallest absolute Gasteiger partial charge is 0.253 e. The molecule has 2 aliphatic rings. The van der Waals surface area contributed by atoms with Gasteiger partial charge in [-0.3, -0.25) is 14.3 Å². The fourth-order valence-corrected chi connectivity index (χ4v) is 4.19. The van der Waals surface area contributed by atoms with Crippen LogP contribution in [0.5, 0.6) is 0 Å². The van der Waals surface area contributed by atoms with Gasteiger partial charge in [-0.05, 0) is 51.1 Å². The number of amides is 2. The second-order valence-electron chi connectivity index (χ2n) is 7.68. The molecule has 0 saturated carbocycles. The van der Waals surface area contributed by atoms with Crippen molar-refractivity contribution in [3.8, 4) is 0 Å². The van der Waals surface area contributed by atoms with Gasteiger partial charge in [-0.25, -0.2) is 0 Å². The summed E-state index contributed by atoms with van der Waals surface area (Å²) >= 11 is 0. The molecule has 2 aliphatic heterocycles. The minimum atomic E-state index is -0.613. The Labute approximate surface area is 177 Å². The van der Waals surface area contributed by atoms with Gasteiger partial charge < -0.3 is 15.1 Å². The zero-order chi connectivity index (χ0) is 19.6. The van der Waals surface area contributed by atoms with Gasteiger partial charge in [0.25, 0.3) is 11.8 Å². The van der Waals surface area contributed by atoms with E-state index in [1.807, 2.05) is 57.9 Å². The normalized spacial score (nSPS) is 18.8. The fraction of sp³-hybridized carbons (Fsp3) is 0.476. The van der Waals surface area contributed by atoms with Gasteiger partial charge in [0.1, 0.15) is 5.54 Å². The minimum absolute atomic E-state index is 0. The van der Waals surface area contributed by atoms with Crippen LogP contribution in [0.3, 0.4) is 0 Å². The van der Waals surface area contributed by atoms with Crippen molar-refractivity contribution in [3.05, 3.63) is 53.9 Å². The number of nitrogens with one attached hydrogen (secondary N) is 1. The summed E-state index contributed by atoms with van der Waals surface area (Å²) in [6, 6.07) is 9.53. The van der Waals surface area contributed by atoms with Crippen molar-refractivity contribution in [2.24, 2.45) is 0 Å². The number of aromatic nitrogens is 2. The molecule has 0 radical (unpaired) electrons. The highest BCUT2D eigenvalue weighted by atomic mass is 35.5. The van der Waals surface area contributed by atoms with E-state index in [1.165, 1.54) is 0 Å². The van der Waals surface area contributed by atoms with Gasteiger partial charge >= 0.3 is 0 Å². The third-order valence-electron chi connectivity index (χ3n) is 5.92. The van der Waals surface area contributed by atoms with E-state index in [2.05, 4.69) is 10.4 Å². The van der Waals surface area contributed by atoms with E-state index in [9.17, 15) is 9.59 Å². The lowest BCUT2D eigenvalue weighted by Crippen LogP contribution is -2.59. The van der Waals surface area contributed by atoms with Gasteiger partial charge in [-0.15, -0.1) is 12.4 Å². The first-order valence-electron chi connectivity index (χ1n) is 9.96. The van der Waals surface area contributed by atoms with Crippen molar-refractivity contribution in [2.45, 2.75) is 25.3 Å². The topological polar surface area (TPSA) is 70.5 Å². The Morgan fingerprint density at radius 3 is 2.21 bits per heavy atom. The predicted octanol–water partition coefficient (Wildman–Crippen LogP) is 1.68. The van der Waals surface area contributed by atoms with Gasteiger partial charge in [0, 0.05) is 44.1 Å². The average molecular weight is 418 g/mol. The molecule has 0 spiro atoms. The summed E-state index contributed by atoms with van der Waals surface area (Å²) in [6.07, 6.45) is 5.09. The molecule has 7 nitrogen and oxygen atoms in total. The lowest BCUT2D eigenvalue weighted by molar-refractivity contribution is -0.144. The highest BCUT2D eigenvalue weighted by Crippen LogP contribution is 2.30. The van der Waals surface area contributed by atoms with Gasteiger partial charge in [0.2, 0.25) is 0 Å². The average Bonchev–Trinajstić information content (AvgIpc) is 3.29. The minimum Gasteiger partial charge on any atom is -0.337 e. The molecular formula is C21H28ClN5O2. The Bertz CT molecular complexity index is 823. The molecule has 2 saturated heterocycles. The standard InChI is InChI=1S/C21H27N5O2.ClH/c1-17-3-5-18(6-4-17)19(27)24-13-15-25(16-14-24)20(28)21(7-10-22-11-8-21)26-12-2-9-23-26;/h2-6,9,12,22H,7-8,10-11,13-16H2,1H3;1H. The quantitative estimate of drug-likeness (QED) is 0.824. The molecule has 0 bridgehead atoms. The van der Waals surface area contributed by atoms with Crippen LogP contribution in [0.4, 0.5) is 0 Å². The van der Waals surface area contributed by atoms with Crippen LogP contribution in [0.15, 0.2) is 42.7 Å². The third-order valence-corrected chi connectivity index (χ3v) is 5.92. The predicted molar refractivity (Wildman–Crippen MR) is 113 cm³/mol. The zero-order valence-corrected chi connectivity index (χ0v) is 17.5. The van der Waals surface area contributed by atoms with E-state index in [1.54, 1.807) is 6.20 Å². The summed E-state index contributed by atoms with van der Waals surface area (Å²) in [5, 5.41) is 7.73. The maximum atomic E-state index is 13.5. The number of hydrogen-bond acceptors (Lipinski definition) is 4. The molecular weight excluding hydrogens is 390 g/mol. The summed E-state index contributed by atoms with van der Waals surface area (Å²) in [7, 11) is 0. The molecule has 1 aromatic carbocycles. The van der Waals surface area contributed by atoms with Crippen molar-refractivity contribution in [1.82, 2.24) is 24.9 Å². The molecule has 1 aromatic heterocycles. The van der Waals surface area contributed by atoms with Crippen LogP contribution in [-0.4, -0.2) is 70.7 Å². The number of benzene rings is 1. The molecule has 4 rings (SSSR count). The van der Waals surface area contributed by atoms with Crippen LogP contribution in [0.2, 0.25) is 0 Å². The maximum Gasteiger partial charge on any atom is 0.253 e. The van der Waals surface area contributed by atoms with E-state index in [0.717, 1.165) is 31.5 Å². The van der Waals surface area contributed by atoms with Crippen LogP contribution >= 0.6 is 12.4 Å². The number of aryl methyl sites for hydroxylation is 1. The zero-order valence-electron chi connectivity index (χ0n) is 16.7. The third kappa shape index (κ3) is 4.16. The monoisotopic (exact) mass is 417 g/mol. The fourth-order valence-electron chi connectivity index (χ4n) is 4.19. The number of nitrogens with zero attached hydrogens (tertiary/aromatic N) is 4. The highest BCUT2D eigenvalue weighted by Gasteiger charge is 2.45. The molecule has 29 heavy (non-hydrogen) atoms. The van der Waals surface area contributed by atoms with Crippen LogP contribution in [0.1, 0.15) is 28.8 Å². The lowest BCUT2D eigenvalue weighted by Gasteiger charge is -2.43. The molecule has 0 atom stereocenters. The number of carbonyl (C=O) groups is 2. The van der Waals surface area contributed by atoms with E-state index in [0.29, 0.717) is 31.7 Å². The number of carbonyl (C=O) groups excluding carboxylic acids is 2. The number of rotatable bonds is 3. The van der Waals surface area contributed by atoms with E-state index in [4.69, 9.17) is 0 Å². The maximum absolute atomic E-state index is 13.5. The van der Waals surface area contributed by atoms with Crippen molar-refractivity contribution in [2.75, 3.05) is 39.3 Å². The number of piperazine rings is 1. The Kier molecular flexibility index (Phi) is 6.59. The number of halogens is 1. The SMILES string of the molecule is Cc1ccc(C(=O)N2CCN(C(=O)C3(n4cccn4)CCNCC3)CC2)cc1.Cl. The lowest BCUT2D eigenvalue weighted by atomic mass is 9.86. The Morgan fingerprint density at radius 1 is 1.00 bits per heavy atom. The molecule has 0 unspecified atom stereocenters. The molecule has 3 heterocycles. The summed E-state index contributed by atoms with van der Waals surface area (Å²) < 4.78 is 1.83. The second kappa shape index (κ2) is 8.97. The number of piperidine rings is 1. The highest BCUT2D eigenvalue weighted by molar-refractivity contribution is 5.94. The molecule has 2 amide bonds. The Hall–Kier alpha value is -2.38. The summed E-state index contributed by atoms with van der Waals surface area (Å²) in [5.41, 5.74) is 1.23. The molecule has 0 aliphatic carbocycles. The van der Waals surface area contributed by atoms with Gasteiger partial charge in [-0.2, -0.15) is 5.10 Å². The van der Waals surface area contributed by atoms with E-state index < -0.39 is 5.54 Å². The molecule has 1 N–H and O–H groups in total. The first-order chi connectivity index (χ1) is 13.6. The first-order valence-corrected chi connectivity index (χ1v) is 9.96. The molecule has 2 fully saturated rings. The van der Waals surface area contributed by atoms with Crippen molar-refractivity contribution >= 4 is 24.2 Å². The first kappa shape index (κ1) is 21.3. The van der Waals surface area contributed by atoms with Crippen molar-refractivity contribution in [1.29, 1.82) is 0 Å². The molecule has 2 aromatic rings. The van der Waals surface area contributed by atoms with Gasteiger partial charge in [0.05, 0.1) is 0 Å².